The zero-order valence-electron chi connectivity index (χ0n) is 17.9. The lowest BCUT2D eigenvalue weighted by molar-refractivity contribution is 0.197. The Hall–Kier alpha value is -2.62. The predicted octanol–water partition coefficient (Wildman–Crippen LogP) is 4.07. The van der Waals surface area contributed by atoms with Gasteiger partial charge < -0.3 is 19.3 Å². The molecular formula is C21H24Cl2N6O3. The number of aromatic nitrogens is 3. The molecule has 32 heavy (non-hydrogen) atoms. The SMILES string of the molecule is Cc1noc(C)c1-c1nc(CN2CCCN(C(=O)NCc3ccc(Cl)cc3Cl)CC2)no1. The molecule has 1 N–H and O–H groups in total. The zero-order valence-corrected chi connectivity index (χ0v) is 19.4. The van der Waals surface area contributed by atoms with E-state index >= 15 is 0 Å². The van der Waals surface area contributed by atoms with Crippen LogP contribution in [-0.4, -0.2) is 57.3 Å². The van der Waals surface area contributed by atoms with Crippen molar-refractivity contribution in [1.29, 1.82) is 0 Å². The molecule has 11 heteroatoms. The highest BCUT2D eigenvalue weighted by Gasteiger charge is 2.22. The van der Waals surface area contributed by atoms with Gasteiger partial charge in [0.25, 0.3) is 5.89 Å². The van der Waals surface area contributed by atoms with Gasteiger partial charge in [0.15, 0.2) is 5.82 Å². The van der Waals surface area contributed by atoms with Gasteiger partial charge in [0.2, 0.25) is 0 Å². The number of nitrogens with zero attached hydrogens (tertiary/aromatic N) is 5. The van der Waals surface area contributed by atoms with Gasteiger partial charge in [-0.2, -0.15) is 4.98 Å². The Morgan fingerprint density at radius 1 is 1.12 bits per heavy atom. The lowest BCUT2D eigenvalue weighted by Gasteiger charge is -2.22. The Morgan fingerprint density at radius 3 is 2.72 bits per heavy atom. The highest BCUT2D eigenvalue weighted by Crippen LogP contribution is 2.25. The molecule has 1 aromatic carbocycles. The highest BCUT2D eigenvalue weighted by atomic mass is 35.5. The van der Waals surface area contributed by atoms with Gasteiger partial charge in [-0.1, -0.05) is 39.6 Å². The molecule has 3 aromatic rings. The fraction of sp³-hybridized carbons (Fsp3) is 0.429. The molecule has 2 aromatic heterocycles. The first-order chi connectivity index (χ1) is 15.4. The van der Waals surface area contributed by atoms with Crippen LogP contribution in [-0.2, 0) is 13.1 Å². The van der Waals surface area contributed by atoms with E-state index in [4.69, 9.17) is 32.2 Å². The first kappa shape index (κ1) is 22.6. The van der Waals surface area contributed by atoms with E-state index in [-0.39, 0.29) is 6.03 Å². The predicted molar refractivity (Wildman–Crippen MR) is 119 cm³/mol. The van der Waals surface area contributed by atoms with Crippen molar-refractivity contribution in [2.24, 2.45) is 0 Å². The van der Waals surface area contributed by atoms with Crippen LogP contribution in [0.25, 0.3) is 11.5 Å². The summed E-state index contributed by atoms with van der Waals surface area (Å²) in [5.74, 6) is 1.65. The van der Waals surface area contributed by atoms with E-state index in [2.05, 4.69) is 25.5 Å². The maximum Gasteiger partial charge on any atom is 0.317 e. The molecule has 9 nitrogen and oxygen atoms in total. The van der Waals surface area contributed by atoms with Crippen LogP contribution in [0.3, 0.4) is 0 Å². The van der Waals surface area contributed by atoms with E-state index in [1.807, 2.05) is 24.8 Å². The third-order valence-electron chi connectivity index (χ3n) is 5.40. The minimum atomic E-state index is -0.113. The van der Waals surface area contributed by atoms with Crippen molar-refractivity contribution in [3.8, 4) is 11.5 Å². The van der Waals surface area contributed by atoms with E-state index < -0.39 is 0 Å². The number of urea groups is 1. The van der Waals surface area contributed by atoms with Crippen molar-refractivity contribution in [3.05, 3.63) is 51.1 Å². The molecule has 0 spiro atoms. The van der Waals surface area contributed by atoms with Gasteiger partial charge in [0.05, 0.1) is 12.2 Å². The molecule has 0 aliphatic carbocycles. The molecule has 170 valence electrons. The number of carbonyl (C=O) groups excluding carboxylic acids is 1. The normalized spacial score (nSPS) is 15.1. The number of aryl methyl sites for hydroxylation is 2. The molecule has 0 atom stereocenters. The van der Waals surface area contributed by atoms with E-state index in [1.54, 1.807) is 12.1 Å². The summed E-state index contributed by atoms with van der Waals surface area (Å²) in [4.78, 5) is 21.2. The van der Waals surface area contributed by atoms with Crippen LogP contribution in [0.4, 0.5) is 4.79 Å². The van der Waals surface area contributed by atoms with Gasteiger partial charge in [-0.3, -0.25) is 4.90 Å². The fourth-order valence-corrected chi connectivity index (χ4v) is 4.16. The number of nitrogens with one attached hydrogen (secondary N) is 1. The smallest absolute Gasteiger partial charge is 0.317 e. The minimum Gasteiger partial charge on any atom is -0.361 e. The Kier molecular flexibility index (Phi) is 6.98. The van der Waals surface area contributed by atoms with Gasteiger partial charge >= 0.3 is 6.03 Å². The molecule has 0 saturated carbocycles. The fourth-order valence-electron chi connectivity index (χ4n) is 3.69. The standard InChI is InChI=1S/C21H24Cl2N6O3/c1-13-19(14(2)31-26-13)20-25-18(27-32-20)12-28-6-3-7-29(9-8-28)21(30)24-11-15-4-5-16(22)10-17(15)23/h4-5,10H,3,6-9,11-12H2,1-2H3,(H,24,30). The molecule has 4 rings (SSSR count). The Bertz CT molecular complexity index is 1080. The van der Waals surface area contributed by atoms with Crippen molar-refractivity contribution in [3.63, 3.8) is 0 Å². The topological polar surface area (TPSA) is 101 Å². The van der Waals surface area contributed by atoms with Gasteiger partial charge in [0, 0.05) is 42.8 Å². The first-order valence-electron chi connectivity index (χ1n) is 10.4. The summed E-state index contributed by atoms with van der Waals surface area (Å²) in [5.41, 5.74) is 2.28. The zero-order chi connectivity index (χ0) is 22.7. The molecule has 1 aliphatic heterocycles. The van der Waals surface area contributed by atoms with Gasteiger partial charge in [-0.05, 0) is 38.0 Å². The minimum absolute atomic E-state index is 0.113. The van der Waals surface area contributed by atoms with Crippen LogP contribution in [0, 0.1) is 13.8 Å². The molecule has 1 aliphatic rings. The van der Waals surface area contributed by atoms with Crippen molar-refractivity contribution < 1.29 is 13.8 Å². The molecule has 2 amide bonds. The van der Waals surface area contributed by atoms with E-state index in [0.717, 1.165) is 24.1 Å². The second-order valence-electron chi connectivity index (χ2n) is 7.73. The lowest BCUT2D eigenvalue weighted by atomic mass is 10.2. The third-order valence-corrected chi connectivity index (χ3v) is 5.99. The summed E-state index contributed by atoms with van der Waals surface area (Å²) in [5, 5.41) is 12.1. The summed E-state index contributed by atoms with van der Waals surface area (Å²) >= 11 is 12.1. The number of rotatable bonds is 5. The number of amides is 2. The van der Waals surface area contributed by atoms with Crippen LogP contribution >= 0.6 is 23.2 Å². The summed E-state index contributed by atoms with van der Waals surface area (Å²) in [6, 6.07) is 5.13. The van der Waals surface area contributed by atoms with Gasteiger partial charge in [-0.25, -0.2) is 4.79 Å². The first-order valence-corrected chi connectivity index (χ1v) is 11.1. The molecule has 0 radical (unpaired) electrons. The Morgan fingerprint density at radius 2 is 1.97 bits per heavy atom. The van der Waals surface area contributed by atoms with Crippen LogP contribution in [0.5, 0.6) is 0 Å². The molecule has 3 heterocycles. The molecule has 1 saturated heterocycles. The molecule has 0 bridgehead atoms. The van der Waals surface area contributed by atoms with Gasteiger partial charge in [-0.15, -0.1) is 0 Å². The monoisotopic (exact) mass is 478 g/mol. The van der Waals surface area contributed by atoms with Crippen LogP contribution in [0.15, 0.2) is 27.2 Å². The van der Waals surface area contributed by atoms with E-state index in [9.17, 15) is 4.79 Å². The van der Waals surface area contributed by atoms with Crippen molar-refractivity contribution in [2.75, 3.05) is 26.2 Å². The second-order valence-corrected chi connectivity index (χ2v) is 8.57. The quantitative estimate of drug-likeness (QED) is 0.589. The van der Waals surface area contributed by atoms with Crippen molar-refractivity contribution >= 4 is 29.2 Å². The molecule has 1 fully saturated rings. The van der Waals surface area contributed by atoms with Gasteiger partial charge in [0.1, 0.15) is 11.3 Å². The highest BCUT2D eigenvalue weighted by molar-refractivity contribution is 6.35. The average molecular weight is 479 g/mol. The maximum absolute atomic E-state index is 12.6. The Labute approximate surface area is 195 Å². The van der Waals surface area contributed by atoms with Crippen LogP contribution < -0.4 is 5.32 Å². The summed E-state index contributed by atoms with van der Waals surface area (Å²) < 4.78 is 10.6. The number of carbonyl (C=O) groups is 1. The van der Waals surface area contributed by atoms with E-state index in [1.165, 1.54) is 0 Å². The second kappa shape index (κ2) is 9.89. The van der Waals surface area contributed by atoms with E-state index in [0.29, 0.717) is 65.9 Å². The summed E-state index contributed by atoms with van der Waals surface area (Å²) in [7, 11) is 0. The number of hydrogen-bond acceptors (Lipinski definition) is 7. The third kappa shape index (κ3) is 5.23. The largest absolute Gasteiger partial charge is 0.361 e. The Balaban J connectivity index is 1.30. The number of halogens is 2. The van der Waals surface area contributed by atoms with Crippen molar-refractivity contribution in [1.82, 2.24) is 30.4 Å². The number of benzene rings is 1. The molecular weight excluding hydrogens is 455 g/mol. The molecule has 0 unspecified atom stereocenters. The van der Waals surface area contributed by atoms with Crippen LogP contribution in [0.1, 0.15) is 29.3 Å². The lowest BCUT2D eigenvalue weighted by Crippen LogP contribution is -2.41. The number of hydrogen-bond donors (Lipinski definition) is 1. The van der Waals surface area contributed by atoms with Crippen molar-refractivity contribution in [2.45, 2.75) is 33.4 Å². The maximum atomic E-state index is 12.6. The average Bonchev–Trinajstić information content (AvgIpc) is 3.25. The summed E-state index contributed by atoms with van der Waals surface area (Å²) in [6.45, 7) is 7.37. The summed E-state index contributed by atoms with van der Waals surface area (Å²) in [6.07, 6.45) is 0.851. The van der Waals surface area contributed by atoms with Crippen LogP contribution in [0.2, 0.25) is 10.0 Å².